The zero-order valence-corrected chi connectivity index (χ0v) is 29.5. The highest BCUT2D eigenvalue weighted by Crippen LogP contribution is 2.55. The van der Waals surface area contributed by atoms with E-state index in [-0.39, 0.29) is 12.1 Å². The van der Waals surface area contributed by atoms with Crippen LogP contribution in [0.3, 0.4) is 0 Å². The quantitative estimate of drug-likeness (QED) is 0.173. The summed E-state index contributed by atoms with van der Waals surface area (Å²) >= 11 is 0. The highest BCUT2D eigenvalue weighted by Gasteiger charge is 2.44. The van der Waals surface area contributed by atoms with Crippen LogP contribution in [0.25, 0.3) is 33.0 Å². The zero-order chi connectivity index (χ0) is 35.3. The molecule has 1 aliphatic carbocycles. The smallest absolute Gasteiger partial charge is 0.260 e. The van der Waals surface area contributed by atoms with E-state index in [1.54, 1.807) is 0 Å². The number of anilines is 3. The van der Waals surface area contributed by atoms with Gasteiger partial charge in [0.05, 0.1) is 5.69 Å². The molecule has 0 spiro atoms. The molecular formula is C49H34BNO2. The third-order valence-corrected chi connectivity index (χ3v) is 11.6. The maximum absolute atomic E-state index is 6.86. The summed E-state index contributed by atoms with van der Waals surface area (Å²) in [5.41, 5.74) is 14.1. The second kappa shape index (κ2) is 11.2. The van der Waals surface area contributed by atoms with Gasteiger partial charge in [0.15, 0.2) is 0 Å². The zero-order valence-electron chi connectivity index (χ0n) is 29.5. The summed E-state index contributed by atoms with van der Waals surface area (Å²) in [5, 5.41) is 2.45. The molecule has 0 radical (unpaired) electrons. The normalized spacial score (nSPS) is 13.9. The molecule has 3 aliphatic rings. The Morgan fingerprint density at radius 3 is 1.77 bits per heavy atom. The van der Waals surface area contributed by atoms with E-state index in [9.17, 15) is 0 Å². The standard InChI is InChI=1S/C49H34BNO2/c1-49(2)38-29-41-46(53-45-24-14-23-44-48(45)50(41)40-27-32(25-26-43(40)52-44)31-15-6-3-7-16-31)28-37(38)47-36-22-13-12-21-35(36)42(30-39(47)49)51(33-17-8-4-9-18-33)34-19-10-5-11-20-34/h3-30H,1-2H3. The topological polar surface area (TPSA) is 21.7 Å². The van der Waals surface area contributed by atoms with Crippen LogP contribution in [-0.2, 0) is 5.41 Å². The number of ether oxygens (including phenoxy) is 2. The van der Waals surface area contributed by atoms with Crippen molar-refractivity contribution >= 4 is 50.9 Å². The molecular weight excluding hydrogens is 645 g/mol. The van der Waals surface area contributed by atoms with E-state index in [1.165, 1.54) is 60.8 Å². The first kappa shape index (κ1) is 30.1. The Morgan fingerprint density at radius 2 is 1.08 bits per heavy atom. The molecule has 2 aliphatic heterocycles. The number of para-hydroxylation sites is 2. The lowest BCUT2D eigenvalue weighted by Crippen LogP contribution is -2.57. The molecule has 53 heavy (non-hydrogen) atoms. The van der Waals surface area contributed by atoms with Crippen LogP contribution in [0.5, 0.6) is 23.0 Å². The molecule has 8 aromatic rings. The minimum absolute atomic E-state index is 0.0267. The van der Waals surface area contributed by atoms with Crippen molar-refractivity contribution in [1.82, 2.24) is 0 Å². The van der Waals surface area contributed by atoms with Gasteiger partial charge in [-0.2, -0.15) is 0 Å². The van der Waals surface area contributed by atoms with E-state index in [2.05, 4.69) is 183 Å². The van der Waals surface area contributed by atoms with E-state index in [1.807, 2.05) is 6.07 Å². The molecule has 3 nitrogen and oxygen atoms in total. The SMILES string of the molecule is CC1(C)c2cc3c(cc2-c2c1cc(N(c1ccccc1)c1ccccc1)c1ccccc21)Oc1cccc2c1B3c1cc(-c3ccccc3)ccc1O2. The van der Waals surface area contributed by atoms with E-state index >= 15 is 0 Å². The summed E-state index contributed by atoms with van der Waals surface area (Å²) in [4.78, 5) is 2.40. The average Bonchev–Trinajstić information content (AvgIpc) is 3.43. The Balaban J connectivity index is 1.14. The summed E-state index contributed by atoms with van der Waals surface area (Å²) in [6.45, 7) is 4.74. The van der Waals surface area contributed by atoms with Gasteiger partial charge in [0.2, 0.25) is 0 Å². The lowest BCUT2D eigenvalue weighted by atomic mass is 9.34. The molecule has 0 aromatic heterocycles. The second-order valence-electron chi connectivity index (χ2n) is 14.9. The predicted molar refractivity (Wildman–Crippen MR) is 219 cm³/mol. The van der Waals surface area contributed by atoms with E-state index in [0.29, 0.717) is 0 Å². The van der Waals surface area contributed by atoms with Gasteiger partial charge < -0.3 is 14.4 Å². The molecule has 0 fully saturated rings. The van der Waals surface area contributed by atoms with Crippen LogP contribution in [0.4, 0.5) is 17.1 Å². The van der Waals surface area contributed by atoms with Gasteiger partial charge in [-0.3, -0.25) is 0 Å². The van der Waals surface area contributed by atoms with Crippen molar-refractivity contribution in [3.8, 4) is 45.3 Å². The molecule has 250 valence electrons. The van der Waals surface area contributed by atoms with Gasteiger partial charge in [-0.1, -0.05) is 129 Å². The number of benzene rings is 8. The molecule has 4 heteroatoms. The lowest BCUT2D eigenvalue weighted by molar-refractivity contribution is 0.464. The fourth-order valence-corrected chi connectivity index (χ4v) is 9.06. The molecule has 0 atom stereocenters. The number of rotatable bonds is 4. The Labute approximate surface area is 309 Å². The Kier molecular flexibility index (Phi) is 6.39. The van der Waals surface area contributed by atoms with Gasteiger partial charge in [-0.05, 0) is 104 Å². The summed E-state index contributed by atoms with van der Waals surface area (Å²) in [5.74, 6) is 3.52. The highest BCUT2D eigenvalue weighted by atomic mass is 16.5. The summed E-state index contributed by atoms with van der Waals surface area (Å²) in [6, 6.07) is 60.9. The van der Waals surface area contributed by atoms with Gasteiger partial charge in [0.1, 0.15) is 23.0 Å². The fourth-order valence-electron chi connectivity index (χ4n) is 9.06. The van der Waals surface area contributed by atoms with Crippen LogP contribution in [0.2, 0.25) is 0 Å². The Morgan fingerprint density at radius 1 is 0.472 bits per heavy atom. The number of hydrogen-bond acceptors (Lipinski definition) is 3. The molecule has 0 N–H and O–H groups in total. The van der Waals surface area contributed by atoms with Crippen molar-refractivity contribution in [3.05, 3.63) is 181 Å². The van der Waals surface area contributed by atoms with Crippen LogP contribution in [0.1, 0.15) is 25.0 Å². The molecule has 8 aromatic carbocycles. The molecule has 0 amide bonds. The first-order chi connectivity index (χ1) is 26.0. The molecule has 0 saturated heterocycles. The molecule has 11 rings (SSSR count). The molecule has 0 unspecified atom stereocenters. The van der Waals surface area contributed by atoms with Gasteiger partial charge in [-0.15, -0.1) is 0 Å². The van der Waals surface area contributed by atoms with Crippen LogP contribution < -0.4 is 30.8 Å². The third kappa shape index (κ3) is 4.42. The van der Waals surface area contributed by atoms with Gasteiger partial charge in [0, 0.05) is 27.6 Å². The molecule has 0 saturated carbocycles. The third-order valence-electron chi connectivity index (χ3n) is 11.6. The minimum Gasteiger partial charge on any atom is -0.458 e. The number of hydrogen-bond donors (Lipinski definition) is 0. The van der Waals surface area contributed by atoms with E-state index in [4.69, 9.17) is 9.47 Å². The van der Waals surface area contributed by atoms with Crippen molar-refractivity contribution in [2.45, 2.75) is 19.3 Å². The van der Waals surface area contributed by atoms with Crippen molar-refractivity contribution in [2.24, 2.45) is 0 Å². The van der Waals surface area contributed by atoms with Gasteiger partial charge in [0.25, 0.3) is 6.71 Å². The summed E-state index contributed by atoms with van der Waals surface area (Å²) < 4.78 is 13.5. The van der Waals surface area contributed by atoms with Crippen molar-refractivity contribution < 1.29 is 9.47 Å². The molecule has 2 heterocycles. The fraction of sp³-hybridized carbons (Fsp3) is 0.0612. The second-order valence-corrected chi connectivity index (χ2v) is 14.9. The monoisotopic (exact) mass is 679 g/mol. The van der Waals surface area contributed by atoms with Crippen LogP contribution in [0.15, 0.2) is 170 Å². The van der Waals surface area contributed by atoms with Crippen molar-refractivity contribution in [2.75, 3.05) is 4.90 Å². The maximum Gasteiger partial charge on any atom is 0.260 e. The first-order valence-corrected chi connectivity index (χ1v) is 18.4. The van der Waals surface area contributed by atoms with E-state index in [0.717, 1.165) is 39.8 Å². The predicted octanol–water partition coefficient (Wildman–Crippen LogP) is 11.0. The Hall–Kier alpha value is -6.52. The Bertz CT molecular complexity index is 2720. The maximum atomic E-state index is 6.86. The van der Waals surface area contributed by atoms with Gasteiger partial charge in [-0.25, -0.2) is 0 Å². The minimum atomic E-state index is -0.281. The van der Waals surface area contributed by atoms with E-state index < -0.39 is 0 Å². The summed E-state index contributed by atoms with van der Waals surface area (Å²) in [6.07, 6.45) is 0. The van der Waals surface area contributed by atoms with Crippen LogP contribution in [0, 0.1) is 0 Å². The van der Waals surface area contributed by atoms with Crippen molar-refractivity contribution in [3.63, 3.8) is 0 Å². The first-order valence-electron chi connectivity index (χ1n) is 18.4. The van der Waals surface area contributed by atoms with Crippen LogP contribution in [-0.4, -0.2) is 6.71 Å². The molecule has 0 bridgehead atoms. The number of fused-ring (bicyclic) bond motifs is 9. The largest absolute Gasteiger partial charge is 0.458 e. The van der Waals surface area contributed by atoms with Crippen molar-refractivity contribution in [1.29, 1.82) is 0 Å². The lowest BCUT2D eigenvalue weighted by Gasteiger charge is -2.34. The highest BCUT2D eigenvalue weighted by molar-refractivity contribution is 6.98. The van der Waals surface area contributed by atoms with Crippen LogP contribution >= 0.6 is 0 Å². The number of nitrogens with zero attached hydrogens (tertiary/aromatic N) is 1. The van der Waals surface area contributed by atoms with Gasteiger partial charge >= 0.3 is 0 Å². The average molecular weight is 680 g/mol. The summed E-state index contributed by atoms with van der Waals surface area (Å²) in [7, 11) is 0.